The summed E-state index contributed by atoms with van der Waals surface area (Å²) < 4.78 is 14.8. The van der Waals surface area contributed by atoms with Crippen LogP contribution in [-0.4, -0.2) is 40.3 Å². The zero-order valence-corrected chi connectivity index (χ0v) is 16.4. The zero-order chi connectivity index (χ0) is 19.6. The molecule has 1 heterocycles. The Morgan fingerprint density at radius 1 is 1.18 bits per heavy atom. The molecule has 0 aromatic carbocycles. The van der Waals surface area contributed by atoms with Gasteiger partial charge in [0.25, 0.3) is 5.91 Å². The van der Waals surface area contributed by atoms with Crippen molar-refractivity contribution in [3.63, 3.8) is 0 Å². The number of fused-ring (bicyclic) bond motifs is 1. The monoisotopic (exact) mass is 390 g/mol. The first-order valence-corrected chi connectivity index (χ1v) is 10.8. The number of amides is 2. The van der Waals surface area contributed by atoms with Crippen LogP contribution in [0.5, 0.6) is 0 Å². The number of carbonyl (C=O) groups is 2. The first-order valence-electron chi connectivity index (χ1n) is 10.8. The second-order valence-corrected chi connectivity index (χ2v) is 8.89. The minimum absolute atomic E-state index is 0.0346. The third kappa shape index (κ3) is 3.94. The predicted octanol–water partition coefficient (Wildman–Crippen LogP) is 2.90. The van der Waals surface area contributed by atoms with Crippen molar-refractivity contribution in [2.24, 2.45) is 5.92 Å². The van der Waals surface area contributed by atoms with Crippen LogP contribution >= 0.6 is 0 Å². The van der Waals surface area contributed by atoms with Crippen LogP contribution in [0.2, 0.25) is 0 Å². The number of aromatic nitrogens is 2. The van der Waals surface area contributed by atoms with E-state index in [-0.39, 0.29) is 17.7 Å². The minimum atomic E-state index is -1.43. The SMILES string of the molecule is O=C(NCC1(NC(=O)C(F)C2CCCCC2)CCCC1)C1CCc2cn[nH]c21. The highest BCUT2D eigenvalue weighted by atomic mass is 19.1. The van der Waals surface area contributed by atoms with Gasteiger partial charge in [-0.1, -0.05) is 32.1 Å². The van der Waals surface area contributed by atoms with E-state index in [1.165, 1.54) is 0 Å². The number of aryl methyl sites for hydroxylation is 1. The van der Waals surface area contributed by atoms with Crippen LogP contribution in [0.4, 0.5) is 4.39 Å². The van der Waals surface area contributed by atoms with E-state index >= 15 is 0 Å². The Hall–Kier alpha value is -1.92. The molecule has 3 N–H and O–H groups in total. The summed E-state index contributed by atoms with van der Waals surface area (Å²) in [5.74, 6) is -0.880. The summed E-state index contributed by atoms with van der Waals surface area (Å²) in [7, 11) is 0. The largest absolute Gasteiger partial charge is 0.353 e. The van der Waals surface area contributed by atoms with Crippen LogP contribution in [0.15, 0.2) is 6.20 Å². The van der Waals surface area contributed by atoms with Gasteiger partial charge in [0.15, 0.2) is 6.17 Å². The van der Waals surface area contributed by atoms with E-state index < -0.39 is 17.6 Å². The second kappa shape index (κ2) is 8.21. The molecule has 3 aliphatic rings. The molecule has 3 aliphatic carbocycles. The fourth-order valence-electron chi connectivity index (χ4n) is 5.28. The molecule has 2 atom stereocenters. The Kier molecular flexibility index (Phi) is 5.69. The van der Waals surface area contributed by atoms with Crippen molar-refractivity contribution in [1.29, 1.82) is 0 Å². The lowest BCUT2D eigenvalue weighted by molar-refractivity contribution is -0.131. The van der Waals surface area contributed by atoms with Crippen LogP contribution in [-0.2, 0) is 16.0 Å². The standard InChI is InChI=1S/C21H31FN4O2/c22-17(14-6-2-1-3-7-14)20(28)25-21(10-4-5-11-21)13-23-19(27)16-9-8-15-12-24-26-18(15)16/h12,14,16-17H,1-11,13H2,(H,23,27)(H,24,26)(H,25,28). The Morgan fingerprint density at radius 3 is 2.68 bits per heavy atom. The minimum Gasteiger partial charge on any atom is -0.353 e. The molecule has 7 heteroatoms. The molecule has 28 heavy (non-hydrogen) atoms. The van der Waals surface area contributed by atoms with Gasteiger partial charge in [-0.3, -0.25) is 14.7 Å². The summed E-state index contributed by atoms with van der Waals surface area (Å²) in [5.41, 5.74) is 1.50. The number of carbonyl (C=O) groups excluding carboxylic acids is 2. The van der Waals surface area contributed by atoms with Gasteiger partial charge in [-0.15, -0.1) is 0 Å². The summed E-state index contributed by atoms with van der Waals surface area (Å²) in [5, 5.41) is 13.0. The highest BCUT2D eigenvalue weighted by Crippen LogP contribution is 2.34. The van der Waals surface area contributed by atoms with Crippen molar-refractivity contribution in [3.05, 3.63) is 17.5 Å². The Bertz CT molecular complexity index is 707. The number of halogens is 1. The molecule has 0 radical (unpaired) electrons. The summed E-state index contributed by atoms with van der Waals surface area (Å²) in [4.78, 5) is 25.3. The summed E-state index contributed by atoms with van der Waals surface area (Å²) >= 11 is 0. The van der Waals surface area contributed by atoms with Gasteiger partial charge in [-0.05, 0) is 50.0 Å². The zero-order valence-electron chi connectivity index (χ0n) is 16.4. The number of hydrogen-bond donors (Lipinski definition) is 3. The average molecular weight is 391 g/mol. The molecular formula is C21H31FN4O2. The Balaban J connectivity index is 1.35. The number of aromatic amines is 1. The molecule has 0 saturated heterocycles. The van der Waals surface area contributed by atoms with Crippen molar-refractivity contribution >= 4 is 11.8 Å². The number of hydrogen-bond acceptors (Lipinski definition) is 3. The molecule has 6 nitrogen and oxygen atoms in total. The van der Waals surface area contributed by atoms with Gasteiger partial charge < -0.3 is 10.6 Å². The maximum Gasteiger partial charge on any atom is 0.255 e. The molecule has 154 valence electrons. The van der Waals surface area contributed by atoms with Crippen molar-refractivity contribution in [2.45, 2.75) is 88.3 Å². The smallest absolute Gasteiger partial charge is 0.255 e. The van der Waals surface area contributed by atoms with Crippen LogP contribution < -0.4 is 10.6 Å². The first-order chi connectivity index (χ1) is 13.6. The summed E-state index contributed by atoms with van der Waals surface area (Å²) in [6, 6.07) is 0. The van der Waals surface area contributed by atoms with Gasteiger partial charge in [0.1, 0.15) is 0 Å². The van der Waals surface area contributed by atoms with Crippen LogP contribution in [0, 0.1) is 5.92 Å². The normalized spacial score (nSPS) is 25.2. The summed E-state index contributed by atoms with van der Waals surface area (Å²) in [6.07, 6.45) is 10.3. The third-order valence-corrected chi connectivity index (χ3v) is 6.98. The molecule has 2 saturated carbocycles. The molecule has 1 aromatic rings. The number of H-pyrrole nitrogens is 1. The number of alkyl halides is 1. The lowest BCUT2D eigenvalue weighted by Gasteiger charge is -2.33. The summed E-state index contributed by atoms with van der Waals surface area (Å²) in [6.45, 7) is 0.370. The second-order valence-electron chi connectivity index (χ2n) is 8.89. The van der Waals surface area contributed by atoms with E-state index in [0.717, 1.165) is 81.9 Å². The van der Waals surface area contributed by atoms with E-state index in [1.807, 2.05) is 0 Å². The maximum atomic E-state index is 14.8. The molecule has 1 aromatic heterocycles. The van der Waals surface area contributed by atoms with Crippen molar-refractivity contribution in [1.82, 2.24) is 20.8 Å². The molecule has 0 aliphatic heterocycles. The van der Waals surface area contributed by atoms with E-state index in [1.54, 1.807) is 6.20 Å². The molecular weight excluding hydrogens is 359 g/mol. The topological polar surface area (TPSA) is 86.9 Å². The molecule has 2 amide bonds. The maximum absolute atomic E-state index is 14.8. The molecule has 4 rings (SSSR count). The first kappa shape index (κ1) is 19.4. The van der Waals surface area contributed by atoms with E-state index in [4.69, 9.17) is 0 Å². The van der Waals surface area contributed by atoms with Crippen LogP contribution in [0.1, 0.15) is 81.4 Å². The van der Waals surface area contributed by atoms with E-state index in [9.17, 15) is 14.0 Å². The highest BCUT2D eigenvalue weighted by molar-refractivity contribution is 5.85. The van der Waals surface area contributed by atoms with E-state index in [2.05, 4.69) is 20.8 Å². The van der Waals surface area contributed by atoms with Gasteiger partial charge in [0.05, 0.1) is 23.3 Å². The van der Waals surface area contributed by atoms with Gasteiger partial charge >= 0.3 is 0 Å². The molecule has 0 bridgehead atoms. The quantitative estimate of drug-likeness (QED) is 0.698. The fourth-order valence-corrected chi connectivity index (χ4v) is 5.28. The van der Waals surface area contributed by atoms with Gasteiger partial charge in [0.2, 0.25) is 5.91 Å². The fraction of sp³-hybridized carbons (Fsp3) is 0.762. The average Bonchev–Trinajstić information content (AvgIpc) is 3.44. The molecule has 2 fully saturated rings. The van der Waals surface area contributed by atoms with E-state index in [0.29, 0.717) is 6.54 Å². The van der Waals surface area contributed by atoms with Crippen molar-refractivity contribution in [2.75, 3.05) is 6.54 Å². The Morgan fingerprint density at radius 2 is 1.93 bits per heavy atom. The lowest BCUT2D eigenvalue weighted by Crippen LogP contribution is -2.56. The number of nitrogens with one attached hydrogen (secondary N) is 3. The van der Waals surface area contributed by atoms with Crippen LogP contribution in [0.3, 0.4) is 0 Å². The number of rotatable bonds is 6. The van der Waals surface area contributed by atoms with Gasteiger partial charge in [-0.2, -0.15) is 5.10 Å². The van der Waals surface area contributed by atoms with Crippen LogP contribution in [0.25, 0.3) is 0 Å². The molecule has 2 unspecified atom stereocenters. The highest BCUT2D eigenvalue weighted by Gasteiger charge is 2.40. The third-order valence-electron chi connectivity index (χ3n) is 6.98. The van der Waals surface area contributed by atoms with Crippen molar-refractivity contribution in [3.8, 4) is 0 Å². The predicted molar refractivity (Wildman–Crippen MR) is 103 cm³/mol. The molecule has 0 spiro atoms. The lowest BCUT2D eigenvalue weighted by atomic mass is 9.85. The number of nitrogens with zero attached hydrogens (tertiary/aromatic N) is 1. The van der Waals surface area contributed by atoms with Gasteiger partial charge in [-0.25, -0.2) is 4.39 Å². The Labute approximate surface area is 165 Å². The van der Waals surface area contributed by atoms with Crippen molar-refractivity contribution < 1.29 is 14.0 Å². The van der Waals surface area contributed by atoms with Gasteiger partial charge in [0, 0.05) is 6.54 Å².